The molecule has 0 amide bonds. The summed E-state index contributed by atoms with van der Waals surface area (Å²) in [5.41, 5.74) is 9.45. The number of oxime groups is 1. The molecule has 0 saturated carbocycles. The Hall–Kier alpha value is -2.20. The summed E-state index contributed by atoms with van der Waals surface area (Å²) in [5, 5.41) is 12.2. The highest BCUT2D eigenvalue weighted by atomic mass is 35.5. The van der Waals surface area contributed by atoms with E-state index in [1.54, 1.807) is 18.2 Å². The van der Waals surface area contributed by atoms with Crippen LogP contribution >= 0.6 is 11.6 Å². The maximum atomic E-state index is 8.84. The summed E-state index contributed by atoms with van der Waals surface area (Å²) in [5.74, 6) is 0.410. The molecule has 0 bridgehead atoms. The molecule has 2 rings (SSSR count). The molecule has 0 saturated heterocycles. The summed E-state index contributed by atoms with van der Waals surface area (Å²) in [6.45, 7) is 4.46. The normalized spacial score (nSPS) is 11.5. The Labute approximate surface area is 128 Å². The Balaban J connectivity index is 2.26. The topological polar surface area (TPSA) is 67.8 Å². The lowest BCUT2D eigenvalue weighted by Gasteiger charge is -2.12. The van der Waals surface area contributed by atoms with Crippen LogP contribution in [0.1, 0.15) is 22.3 Å². The number of nitrogens with two attached hydrogens (primary N) is 1. The minimum absolute atomic E-state index is 0.0731. The van der Waals surface area contributed by atoms with Crippen molar-refractivity contribution in [2.24, 2.45) is 10.9 Å². The molecule has 21 heavy (non-hydrogen) atoms. The number of aryl methyl sites for hydroxylation is 2. The van der Waals surface area contributed by atoms with Gasteiger partial charge in [0.25, 0.3) is 0 Å². The number of hydrogen-bond acceptors (Lipinski definition) is 3. The predicted octanol–water partition coefficient (Wildman–Crippen LogP) is 3.63. The first kappa shape index (κ1) is 15.2. The molecule has 0 heterocycles. The van der Waals surface area contributed by atoms with Crippen LogP contribution in [0.5, 0.6) is 5.75 Å². The van der Waals surface area contributed by atoms with Gasteiger partial charge in [-0.05, 0) is 31.5 Å². The fourth-order valence-corrected chi connectivity index (χ4v) is 2.50. The summed E-state index contributed by atoms with van der Waals surface area (Å²) in [4.78, 5) is 0. The Morgan fingerprint density at radius 3 is 2.52 bits per heavy atom. The maximum Gasteiger partial charge on any atom is 0.175 e. The van der Waals surface area contributed by atoms with E-state index in [0.29, 0.717) is 22.9 Å². The van der Waals surface area contributed by atoms with Crippen molar-refractivity contribution in [3.8, 4) is 5.75 Å². The van der Waals surface area contributed by atoms with E-state index < -0.39 is 0 Å². The average Bonchev–Trinajstić information content (AvgIpc) is 2.43. The molecule has 5 heteroatoms. The summed E-state index contributed by atoms with van der Waals surface area (Å²) in [7, 11) is 0. The molecule has 0 atom stereocenters. The van der Waals surface area contributed by atoms with E-state index in [4.69, 9.17) is 27.3 Å². The molecule has 0 radical (unpaired) electrons. The third-order valence-corrected chi connectivity index (χ3v) is 3.33. The minimum atomic E-state index is -0.0731. The molecule has 3 N–H and O–H groups in total. The fraction of sp³-hybridized carbons (Fsp3) is 0.188. The quantitative estimate of drug-likeness (QED) is 0.392. The second-order valence-corrected chi connectivity index (χ2v) is 5.29. The smallest absolute Gasteiger partial charge is 0.175 e. The standard InChI is InChI=1S/C16H17ClN2O2/c1-10-6-11(2)8-12(7-10)9-21-14-5-3-4-13(17)15(14)16(18)19-20/h3-8,20H,9H2,1-2H3,(H2,18,19). The summed E-state index contributed by atoms with van der Waals surface area (Å²) < 4.78 is 5.78. The number of hydrogen-bond donors (Lipinski definition) is 2. The maximum absolute atomic E-state index is 8.84. The number of amidine groups is 1. The second kappa shape index (κ2) is 6.50. The Bertz CT molecular complexity index is 664. The van der Waals surface area contributed by atoms with E-state index >= 15 is 0 Å². The van der Waals surface area contributed by atoms with Gasteiger partial charge < -0.3 is 15.7 Å². The number of rotatable bonds is 4. The molecule has 2 aromatic rings. The third kappa shape index (κ3) is 3.67. The van der Waals surface area contributed by atoms with Gasteiger partial charge in [-0.15, -0.1) is 0 Å². The fourth-order valence-electron chi connectivity index (χ4n) is 2.24. The highest BCUT2D eigenvalue weighted by Crippen LogP contribution is 2.27. The van der Waals surface area contributed by atoms with Crippen molar-refractivity contribution in [2.45, 2.75) is 20.5 Å². The zero-order valence-corrected chi connectivity index (χ0v) is 12.7. The van der Waals surface area contributed by atoms with Crippen molar-refractivity contribution in [3.05, 3.63) is 63.7 Å². The van der Waals surface area contributed by atoms with E-state index in [1.165, 1.54) is 11.1 Å². The Morgan fingerprint density at radius 2 is 1.90 bits per heavy atom. The minimum Gasteiger partial charge on any atom is -0.488 e. The highest BCUT2D eigenvalue weighted by molar-refractivity contribution is 6.34. The SMILES string of the molecule is Cc1cc(C)cc(COc2cccc(Cl)c2/C(N)=N/O)c1. The monoisotopic (exact) mass is 304 g/mol. The van der Waals surface area contributed by atoms with Crippen molar-refractivity contribution in [1.82, 2.24) is 0 Å². The average molecular weight is 305 g/mol. The van der Waals surface area contributed by atoms with Crippen molar-refractivity contribution < 1.29 is 9.94 Å². The third-order valence-electron chi connectivity index (χ3n) is 3.02. The van der Waals surface area contributed by atoms with Crippen LogP contribution < -0.4 is 10.5 Å². The summed E-state index contributed by atoms with van der Waals surface area (Å²) in [6.07, 6.45) is 0. The van der Waals surface area contributed by atoms with Crippen LogP contribution in [0.25, 0.3) is 0 Å². The van der Waals surface area contributed by atoms with Crippen LogP contribution in [-0.4, -0.2) is 11.0 Å². The number of halogens is 1. The van der Waals surface area contributed by atoms with E-state index in [9.17, 15) is 0 Å². The first-order valence-electron chi connectivity index (χ1n) is 6.47. The van der Waals surface area contributed by atoms with Crippen molar-refractivity contribution in [2.75, 3.05) is 0 Å². The van der Waals surface area contributed by atoms with Crippen molar-refractivity contribution in [3.63, 3.8) is 0 Å². The van der Waals surface area contributed by atoms with Crippen LogP contribution in [0, 0.1) is 13.8 Å². The lowest BCUT2D eigenvalue weighted by atomic mass is 10.1. The number of ether oxygens (including phenoxy) is 1. The van der Waals surface area contributed by atoms with Crippen LogP contribution in [0.15, 0.2) is 41.6 Å². The molecule has 110 valence electrons. The van der Waals surface area contributed by atoms with Gasteiger partial charge >= 0.3 is 0 Å². The van der Waals surface area contributed by atoms with E-state index in [-0.39, 0.29) is 5.84 Å². The molecule has 4 nitrogen and oxygen atoms in total. The van der Waals surface area contributed by atoms with Gasteiger partial charge in [-0.2, -0.15) is 0 Å². The van der Waals surface area contributed by atoms with Crippen molar-refractivity contribution in [1.29, 1.82) is 0 Å². The molecule has 0 unspecified atom stereocenters. The van der Waals surface area contributed by atoms with E-state index in [1.807, 2.05) is 13.8 Å². The van der Waals surface area contributed by atoms with Crippen LogP contribution in [-0.2, 0) is 6.61 Å². The van der Waals surface area contributed by atoms with Crippen LogP contribution in [0.3, 0.4) is 0 Å². The highest BCUT2D eigenvalue weighted by Gasteiger charge is 2.13. The second-order valence-electron chi connectivity index (χ2n) is 4.88. The molecule has 0 aliphatic heterocycles. The Morgan fingerprint density at radius 1 is 1.24 bits per heavy atom. The molecule has 2 aromatic carbocycles. The summed E-state index contributed by atoms with van der Waals surface area (Å²) >= 11 is 6.08. The molecular formula is C16H17ClN2O2. The zero-order chi connectivity index (χ0) is 15.4. The van der Waals surface area contributed by atoms with Gasteiger partial charge in [0.2, 0.25) is 0 Å². The molecule has 0 aromatic heterocycles. The molecule has 0 aliphatic rings. The van der Waals surface area contributed by atoms with E-state index in [2.05, 4.69) is 23.4 Å². The number of benzene rings is 2. The predicted molar refractivity (Wildman–Crippen MR) is 84.2 cm³/mol. The van der Waals surface area contributed by atoms with Gasteiger partial charge in [0, 0.05) is 0 Å². The first-order valence-corrected chi connectivity index (χ1v) is 6.85. The zero-order valence-electron chi connectivity index (χ0n) is 11.9. The van der Waals surface area contributed by atoms with Crippen LogP contribution in [0.4, 0.5) is 0 Å². The van der Waals surface area contributed by atoms with Gasteiger partial charge in [-0.3, -0.25) is 0 Å². The van der Waals surface area contributed by atoms with Gasteiger partial charge in [0.05, 0.1) is 10.6 Å². The molecular weight excluding hydrogens is 288 g/mol. The number of nitrogens with zero attached hydrogens (tertiary/aromatic N) is 1. The lowest BCUT2D eigenvalue weighted by molar-refractivity contribution is 0.303. The molecule has 0 aliphatic carbocycles. The van der Waals surface area contributed by atoms with Gasteiger partial charge in [0.15, 0.2) is 5.84 Å². The molecule has 0 spiro atoms. The van der Waals surface area contributed by atoms with Crippen LogP contribution in [0.2, 0.25) is 5.02 Å². The molecule has 0 fully saturated rings. The van der Waals surface area contributed by atoms with Gasteiger partial charge in [-0.1, -0.05) is 52.1 Å². The lowest BCUT2D eigenvalue weighted by Crippen LogP contribution is -2.15. The largest absolute Gasteiger partial charge is 0.488 e. The first-order chi connectivity index (χ1) is 10.0. The Kier molecular flexibility index (Phi) is 4.70. The van der Waals surface area contributed by atoms with Gasteiger partial charge in [-0.25, -0.2) is 0 Å². The van der Waals surface area contributed by atoms with Gasteiger partial charge in [0.1, 0.15) is 12.4 Å². The van der Waals surface area contributed by atoms with E-state index in [0.717, 1.165) is 5.56 Å². The summed E-state index contributed by atoms with van der Waals surface area (Å²) in [6, 6.07) is 11.4. The van der Waals surface area contributed by atoms with Crippen molar-refractivity contribution >= 4 is 17.4 Å².